The Morgan fingerprint density at radius 2 is 1.20 bits per heavy atom. The molecule has 0 amide bonds. The summed E-state index contributed by atoms with van der Waals surface area (Å²) in [5.41, 5.74) is 3.44. The number of methoxy groups -OCH3 is 2. The summed E-state index contributed by atoms with van der Waals surface area (Å²) in [6, 6.07) is 20.3. The van der Waals surface area contributed by atoms with Crippen molar-refractivity contribution in [1.29, 1.82) is 0 Å². The molecule has 0 spiro atoms. The number of aryl methyl sites for hydroxylation is 1. The van der Waals surface area contributed by atoms with Crippen molar-refractivity contribution in [1.82, 2.24) is 0 Å². The second-order valence-electron chi connectivity index (χ2n) is 10.2. The molecule has 11 nitrogen and oxygen atoms in total. The van der Waals surface area contributed by atoms with Gasteiger partial charge >= 0.3 is 30.4 Å². The third kappa shape index (κ3) is 9.31. The zero-order valence-electron chi connectivity index (χ0n) is 25.8. The molecule has 0 aliphatic rings. The van der Waals surface area contributed by atoms with E-state index in [0.29, 0.717) is 27.3 Å². The fourth-order valence-electron chi connectivity index (χ4n) is 4.42. The summed E-state index contributed by atoms with van der Waals surface area (Å²) in [6.07, 6.45) is 2.72. The van der Waals surface area contributed by atoms with Gasteiger partial charge in [-0.25, -0.2) is 0 Å². The number of benzene rings is 4. The predicted octanol–water partition coefficient (Wildman–Crippen LogP) is 5.65. The molecule has 0 atom stereocenters. The lowest BCUT2D eigenvalue weighted by molar-refractivity contribution is 0.386. The van der Waals surface area contributed by atoms with Gasteiger partial charge in [0.1, 0.15) is 11.5 Å². The molecule has 0 aliphatic carbocycles. The predicted molar refractivity (Wildman–Crippen MR) is 178 cm³/mol. The Bertz CT molecular complexity index is 2060. The van der Waals surface area contributed by atoms with Gasteiger partial charge in [0.05, 0.1) is 43.4 Å². The summed E-state index contributed by atoms with van der Waals surface area (Å²) in [5, 5.41) is 0. The van der Waals surface area contributed by atoms with Crippen molar-refractivity contribution in [3.8, 4) is 51.0 Å². The van der Waals surface area contributed by atoms with Gasteiger partial charge in [-0.3, -0.25) is 0 Å². The van der Waals surface area contributed by atoms with Crippen LogP contribution in [0.1, 0.15) is 11.1 Å². The summed E-state index contributed by atoms with van der Waals surface area (Å²) in [5.74, 6) is 0.579. The Hall–Kier alpha value is -3.92. The van der Waals surface area contributed by atoms with Gasteiger partial charge in [0.15, 0.2) is 17.2 Å². The number of thioether (sulfide) groups is 1. The molecular formula is C31H32O11S4. The molecular weight excluding hydrogens is 677 g/mol. The maximum Gasteiger partial charge on any atom is 0.306 e. The molecule has 4 aromatic rings. The lowest BCUT2D eigenvalue weighted by Crippen LogP contribution is -2.10. The fraction of sp³-hybridized carbons (Fsp3) is 0.226. The molecule has 15 heteroatoms. The molecule has 0 aromatic heterocycles. The van der Waals surface area contributed by atoms with Gasteiger partial charge < -0.3 is 22.0 Å². The zero-order chi connectivity index (χ0) is 33.9. The fourth-order valence-corrected chi connectivity index (χ4v) is 6.78. The van der Waals surface area contributed by atoms with Crippen LogP contribution in [0.5, 0.6) is 28.7 Å². The highest BCUT2D eigenvalue weighted by Gasteiger charge is 2.27. The topological polar surface area (TPSA) is 149 Å². The van der Waals surface area contributed by atoms with Crippen LogP contribution in [0.25, 0.3) is 22.3 Å². The van der Waals surface area contributed by atoms with Crippen LogP contribution in [0, 0.1) is 6.92 Å². The molecule has 246 valence electrons. The minimum absolute atomic E-state index is 0.0152. The molecule has 0 fully saturated rings. The monoisotopic (exact) mass is 708 g/mol. The molecule has 4 rings (SSSR count). The van der Waals surface area contributed by atoms with Gasteiger partial charge in [-0.1, -0.05) is 48.0 Å². The first-order valence-corrected chi connectivity index (χ1v) is 19.8. The molecule has 0 saturated carbocycles. The summed E-state index contributed by atoms with van der Waals surface area (Å²) in [7, 11) is -9.15. The molecule has 46 heavy (non-hydrogen) atoms. The van der Waals surface area contributed by atoms with Crippen molar-refractivity contribution in [2.75, 3.05) is 33.0 Å². The van der Waals surface area contributed by atoms with Crippen LogP contribution in [-0.2, 0) is 36.1 Å². The van der Waals surface area contributed by atoms with Crippen LogP contribution in [0.2, 0.25) is 0 Å². The summed E-state index contributed by atoms with van der Waals surface area (Å²) < 4.78 is 99.8. The first kappa shape index (κ1) is 34.9. The van der Waals surface area contributed by atoms with Crippen molar-refractivity contribution in [3.63, 3.8) is 0 Å². The van der Waals surface area contributed by atoms with Crippen LogP contribution in [0.3, 0.4) is 0 Å². The third-order valence-corrected chi connectivity index (χ3v) is 8.83. The first-order valence-electron chi connectivity index (χ1n) is 13.4. The van der Waals surface area contributed by atoms with Gasteiger partial charge in [-0.15, -0.1) is 11.8 Å². The number of hydrogen-bond donors (Lipinski definition) is 0. The minimum Gasteiger partial charge on any atom is -0.496 e. The van der Waals surface area contributed by atoms with Crippen LogP contribution in [0.15, 0.2) is 77.7 Å². The molecule has 0 heterocycles. The van der Waals surface area contributed by atoms with Gasteiger partial charge in [0.2, 0.25) is 0 Å². The normalized spacial score (nSPS) is 12.0. The van der Waals surface area contributed by atoms with E-state index in [9.17, 15) is 25.3 Å². The van der Waals surface area contributed by atoms with E-state index in [2.05, 4.69) is 0 Å². The third-order valence-electron chi connectivity index (χ3n) is 6.26. The van der Waals surface area contributed by atoms with Crippen molar-refractivity contribution in [2.24, 2.45) is 0 Å². The molecule has 0 bridgehead atoms. The minimum atomic E-state index is -4.13. The summed E-state index contributed by atoms with van der Waals surface area (Å²) in [6.45, 7) is 1.98. The van der Waals surface area contributed by atoms with E-state index in [0.717, 1.165) is 29.9 Å². The highest BCUT2D eigenvalue weighted by atomic mass is 32.2. The largest absolute Gasteiger partial charge is 0.496 e. The average molecular weight is 709 g/mol. The SMILES string of the molecule is COc1cc(-c2ccc(OS(C)(=O)=O)cc2)c(OC)c(OS(C)(=O)=O)c1-c1ccc(SCc2ccc(C)cc2)c(OS(C)(=O)=O)c1. The maximum atomic E-state index is 12.5. The van der Waals surface area contributed by atoms with Gasteiger partial charge in [0, 0.05) is 11.3 Å². The second-order valence-corrected chi connectivity index (χ2v) is 15.9. The Labute approximate surface area is 273 Å². The number of hydrogen-bond acceptors (Lipinski definition) is 12. The highest BCUT2D eigenvalue weighted by Crippen LogP contribution is 2.52. The Morgan fingerprint density at radius 1 is 0.609 bits per heavy atom. The van der Waals surface area contributed by atoms with E-state index in [-0.39, 0.29) is 34.3 Å². The lowest BCUT2D eigenvalue weighted by Gasteiger charge is -2.21. The Balaban J connectivity index is 1.90. The van der Waals surface area contributed by atoms with Crippen LogP contribution < -0.4 is 22.0 Å². The van der Waals surface area contributed by atoms with Gasteiger partial charge in [-0.2, -0.15) is 25.3 Å². The van der Waals surface area contributed by atoms with Gasteiger partial charge in [-0.05, 0) is 53.9 Å². The smallest absolute Gasteiger partial charge is 0.306 e. The summed E-state index contributed by atoms with van der Waals surface area (Å²) >= 11 is 1.37. The Kier molecular flexibility index (Phi) is 10.5. The van der Waals surface area contributed by atoms with E-state index >= 15 is 0 Å². The molecule has 4 aromatic carbocycles. The molecule has 0 aliphatic heterocycles. The molecule has 0 N–H and O–H groups in total. The van der Waals surface area contributed by atoms with Crippen molar-refractivity contribution in [2.45, 2.75) is 17.6 Å². The van der Waals surface area contributed by atoms with E-state index < -0.39 is 30.4 Å². The average Bonchev–Trinajstić information content (AvgIpc) is 2.95. The summed E-state index contributed by atoms with van der Waals surface area (Å²) in [4.78, 5) is 0.527. The van der Waals surface area contributed by atoms with Crippen LogP contribution >= 0.6 is 11.8 Å². The Morgan fingerprint density at radius 3 is 1.74 bits per heavy atom. The van der Waals surface area contributed by atoms with E-state index in [1.807, 2.05) is 31.2 Å². The number of rotatable bonds is 13. The van der Waals surface area contributed by atoms with Crippen LogP contribution in [0.4, 0.5) is 0 Å². The van der Waals surface area contributed by atoms with Crippen molar-refractivity contribution >= 4 is 42.1 Å². The maximum absolute atomic E-state index is 12.5. The van der Waals surface area contributed by atoms with Crippen molar-refractivity contribution in [3.05, 3.63) is 83.9 Å². The molecule has 0 saturated heterocycles. The van der Waals surface area contributed by atoms with E-state index in [1.54, 1.807) is 30.3 Å². The van der Waals surface area contributed by atoms with E-state index in [4.69, 9.17) is 22.0 Å². The van der Waals surface area contributed by atoms with Gasteiger partial charge in [0.25, 0.3) is 0 Å². The van der Waals surface area contributed by atoms with Crippen LogP contribution in [-0.4, -0.2) is 58.2 Å². The first-order chi connectivity index (χ1) is 21.5. The quantitative estimate of drug-likeness (QED) is 0.125. The second kappa shape index (κ2) is 13.8. The highest BCUT2D eigenvalue weighted by molar-refractivity contribution is 7.98. The van der Waals surface area contributed by atoms with E-state index in [1.165, 1.54) is 44.2 Å². The number of ether oxygens (including phenoxy) is 2. The molecule has 0 unspecified atom stereocenters. The zero-order valence-corrected chi connectivity index (χ0v) is 29.0. The lowest BCUT2D eigenvalue weighted by atomic mass is 9.96. The van der Waals surface area contributed by atoms with Crippen molar-refractivity contribution < 1.29 is 47.3 Å². The molecule has 0 radical (unpaired) electrons. The standard InChI is InChI=1S/C31H32O11S4/c1-20-7-9-21(10-8-20)19-43-28-16-13-23(17-26(28)41-45(5,34)35)29-27(38-2)18-25(30(39-3)31(29)42-46(6,36)37)22-11-14-24(15-12-22)40-44(4,32)33/h7-18H,19H2,1-6H3.